The van der Waals surface area contributed by atoms with Gasteiger partial charge in [-0.2, -0.15) is 0 Å². The van der Waals surface area contributed by atoms with Gasteiger partial charge in [0.25, 0.3) is 0 Å². The van der Waals surface area contributed by atoms with Crippen LogP contribution in [-0.2, 0) is 0 Å². The molecule has 0 spiro atoms. The van der Waals surface area contributed by atoms with E-state index in [4.69, 9.17) is 5.73 Å². The number of nitrogens with two attached hydrogens (primary N) is 1. The number of guanidine groups is 1. The van der Waals surface area contributed by atoms with Crippen LogP contribution in [0.5, 0.6) is 0 Å². The third kappa shape index (κ3) is 4.02. The molecule has 0 bridgehead atoms. The zero-order valence-corrected chi connectivity index (χ0v) is 8.96. The Balaban J connectivity index is 0. The van der Waals surface area contributed by atoms with E-state index in [-0.39, 0.29) is 24.8 Å². The van der Waals surface area contributed by atoms with E-state index in [9.17, 15) is 0 Å². The number of hydrogen-bond donors (Lipinski definition) is 1. The maximum atomic E-state index is 5.60. The van der Waals surface area contributed by atoms with Gasteiger partial charge in [-0.25, -0.2) is 0 Å². The summed E-state index contributed by atoms with van der Waals surface area (Å²) in [5.41, 5.74) is 5.60. The van der Waals surface area contributed by atoms with Crippen LogP contribution >= 0.6 is 24.8 Å². The zero-order valence-electron chi connectivity index (χ0n) is 7.32. The van der Waals surface area contributed by atoms with Crippen LogP contribution in [0.1, 0.15) is 19.8 Å². The fourth-order valence-electron chi connectivity index (χ4n) is 1.08. The maximum absolute atomic E-state index is 5.60. The summed E-state index contributed by atoms with van der Waals surface area (Å²) in [4.78, 5) is 6.23. The largest absolute Gasteiger partial charge is 0.370 e. The lowest BCUT2D eigenvalue weighted by molar-refractivity contribution is 0.439. The third-order valence-corrected chi connectivity index (χ3v) is 1.75. The first-order chi connectivity index (χ1) is 4.84. The number of rotatable bonds is 3. The van der Waals surface area contributed by atoms with Crippen molar-refractivity contribution >= 4 is 30.8 Å². The summed E-state index contributed by atoms with van der Waals surface area (Å²) < 4.78 is 0. The highest BCUT2D eigenvalue weighted by Crippen LogP contribution is 1.99. The molecule has 12 heavy (non-hydrogen) atoms. The van der Waals surface area contributed by atoms with Crippen molar-refractivity contribution in [2.24, 2.45) is 10.7 Å². The average molecular weight is 214 g/mol. The van der Waals surface area contributed by atoms with E-state index in [0.29, 0.717) is 0 Å². The molecule has 0 amide bonds. The zero-order chi connectivity index (χ0) is 7.40. The predicted octanol–water partition coefficient (Wildman–Crippen LogP) is 1.26. The molecule has 5 heteroatoms. The summed E-state index contributed by atoms with van der Waals surface area (Å²) in [5.74, 6) is 0.730. The van der Waals surface area contributed by atoms with Gasteiger partial charge in [-0.05, 0) is 6.42 Å². The van der Waals surface area contributed by atoms with Gasteiger partial charge in [0.15, 0.2) is 5.96 Å². The van der Waals surface area contributed by atoms with Gasteiger partial charge in [0, 0.05) is 13.1 Å². The van der Waals surface area contributed by atoms with Gasteiger partial charge < -0.3 is 10.6 Å². The molecule has 3 nitrogen and oxygen atoms in total. The van der Waals surface area contributed by atoms with Crippen molar-refractivity contribution in [3.05, 3.63) is 0 Å². The molecule has 2 N–H and O–H groups in total. The Labute approximate surface area is 86.2 Å². The highest BCUT2D eigenvalue weighted by Gasteiger charge is 2.11. The highest BCUT2D eigenvalue weighted by molar-refractivity contribution is 5.85. The molecule has 0 aromatic heterocycles. The van der Waals surface area contributed by atoms with Crippen LogP contribution in [-0.4, -0.2) is 30.5 Å². The molecule has 74 valence electrons. The van der Waals surface area contributed by atoms with Crippen molar-refractivity contribution in [1.82, 2.24) is 4.90 Å². The normalized spacial score (nSPS) is 14.8. The van der Waals surface area contributed by atoms with Gasteiger partial charge in [0.2, 0.25) is 0 Å². The smallest absolute Gasteiger partial charge is 0.191 e. The van der Waals surface area contributed by atoms with Crippen LogP contribution in [0, 0.1) is 0 Å². The van der Waals surface area contributed by atoms with E-state index in [1.807, 2.05) is 0 Å². The van der Waals surface area contributed by atoms with Crippen LogP contribution in [0.25, 0.3) is 0 Å². The number of halogens is 2. The molecular weight excluding hydrogens is 197 g/mol. The first-order valence-electron chi connectivity index (χ1n) is 3.89. The van der Waals surface area contributed by atoms with Gasteiger partial charge >= 0.3 is 0 Å². The molecule has 0 aromatic rings. The average Bonchev–Trinajstić information content (AvgIpc) is 2.31. The van der Waals surface area contributed by atoms with Crippen LogP contribution in [0.2, 0.25) is 0 Å². The van der Waals surface area contributed by atoms with Gasteiger partial charge in [-0.3, -0.25) is 4.99 Å². The molecule has 1 aliphatic heterocycles. The molecule has 0 unspecified atom stereocenters. The highest BCUT2D eigenvalue weighted by atomic mass is 35.5. The second kappa shape index (κ2) is 7.50. The first kappa shape index (κ1) is 14.4. The Morgan fingerprint density at radius 2 is 2.17 bits per heavy atom. The van der Waals surface area contributed by atoms with E-state index in [1.165, 1.54) is 12.8 Å². The standard InChI is InChI=1S/C7H15N3.2ClH/c1-2-3-5-10-6-4-9-7(10)8;;/h2-6H2,1H3,(H2,8,9);2*1H. The molecule has 0 atom stereocenters. The lowest BCUT2D eigenvalue weighted by Crippen LogP contribution is -2.34. The number of unbranched alkanes of at least 4 members (excludes halogenated alkanes) is 1. The van der Waals surface area contributed by atoms with Gasteiger partial charge in [0.05, 0.1) is 6.54 Å². The lowest BCUT2D eigenvalue weighted by atomic mass is 10.3. The minimum absolute atomic E-state index is 0. The molecule has 1 heterocycles. The van der Waals surface area contributed by atoms with Crippen molar-refractivity contribution < 1.29 is 0 Å². The third-order valence-electron chi connectivity index (χ3n) is 1.75. The molecule has 1 aliphatic rings. The minimum atomic E-state index is 0. The summed E-state index contributed by atoms with van der Waals surface area (Å²) in [6.45, 7) is 5.16. The summed E-state index contributed by atoms with van der Waals surface area (Å²) >= 11 is 0. The van der Waals surface area contributed by atoms with Crippen LogP contribution < -0.4 is 5.73 Å². The Morgan fingerprint density at radius 3 is 2.58 bits per heavy atom. The van der Waals surface area contributed by atoms with Crippen molar-refractivity contribution in [2.45, 2.75) is 19.8 Å². The molecule has 0 radical (unpaired) electrons. The van der Waals surface area contributed by atoms with Crippen molar-refractivity contribution in [3.63, 3.8) is 0 Å². The summed E-state index contributed by atoms with van der Waals surface area (Å²) in [5, 5.41) is 0. The predicted molar refractivity (Wildman–Crippen MR) is 57.5 cm³/mol. The summed E-state index contributed by atoms with van der Waals surface area (Å²) in [6.07, 6.45) is 2.44. The molecule has 0 saturated heterocycles. The SMILES string of the molecule is CCCCN1CCN=C1N.Cl.Cl. The van der Waals surface area contributed by atoms with Gasteiger partial charge in [-0.15, -0.1) is 24.8 Å². The van der Waals surface area contributed by atoms with E-state index >= 15 is 0 Å². The van der Waals surface area contributed by atoms with Crippen molar-refractivity contribution in [2.75, 3.05) is 19.6 Å². The Morgan fingerprint density at radius 1 is 1.50 bits per heavy atom. The molecule has 0 aromatic carbocycles. The first-order valence-corrected chi connectivity index (χ1v) is 3.89. The van der Waals surface area contributed by atoms with Gasteiger partial charge in [0.1, 0.15) is 0 Å². The molecular formula is C7H17Cl2N3. The minimum Gasteiger partial charge on any atom is -0.370 e. The quantitative estimate of drug-likeness (QED) is 0.768. The topological polar surface area (TPSA) is 41.6 Å². The van der Waals surface area contributed by atoms with Crippen LogP contribution in [0.3, 0.4) is 0 Å². The van der Waals surface area contributed by atoms with Crippen LogP contribution in [0.4, 0.5) is 0 Å². The fraction of sp³-hybridized carbons (Fsp3) is 0.857. The summed E-state index contributed by atoms with van der Waals surface area (Å²) in [7, 11) is 0. The monoisotopic (exact) mass is 213 g/mol. The molecule has 1 rings (SSSR count). The number of aliphatic imine (C=N–C) groups is 1. The van der Waals surface area contributed by atoms with Crippen LogP contribution in [0.15, 0.2) is 4.99 Å². The van der Waals surface area contributed by atoms with E-state index in [2.05, 4.69) is 16.8 Å². The second-order valence-corrected chi connectivity index (χ2v) is 2.58. The van der Waals surface area contributed by atoms with E-state index in [1.54, 1.807) is 0 Å². The second-order valence-electron chi connectivity index (χ2n) is 2.58. The molecule has 0 aliphatic carbocycles. The summed E-state index contributed by atoms with van der Waals surface area (Å²) in [6, 6.07) is 0. The van der Waals surface area contributed by atoms with Gasteiger partial charge in [-0.1, -0.05) is 13.3 Å². The number of hydrogen-bond acceptors (Lipinski definition) is 3. The molecule has 0 saturated carbocycles. The Bertz CT molecular complexity index is 139. The Hall–Kier alpha value is -0.150. The fourth-order valence-corrected chi connectivity index (χ4v) is 1.08. The lowest BCUT2D eigenvalue weighted by Gasteiger charge is -2.15. The number of nitrogens with zero attached hydrogens (tertiary/aromatic N) is 2. The van der Waals surface area contributed by atoms with E-state index < -0.39 is 0 Å². The van der Waals surface area contributed by atoms with E-state index in [0.717, 1.165) is 25.6 Å². The Kier molecular flexibility index (Phi) is 8.98. The van der Waals surface area contributed by atoms with Crippen molar-refractivity contribution in [3.8, 4) is 0 Å². The molecule has 0 fully saturated rings. The maximum Gasteiger partial charge on any atom is 0.191 e. The van der Waals surface area contributed by atoms with Crippen molar-refractivity contribution in [1.29, 1.82) is 0 Å².